The summed E-state index contributed by atoms with van der Waals surface area (Å²) in [5, 5.41) is 8.87. The lowest BCUT2D eigenvalue weighted by Crippen LogP contribution is -2.41. The van der Waals surface area contributed by atoms with Gasteiger partial charge in [0, 0.05) is 49.5 Å². The van der Waals surface area contributed by atoms with E-state index in [1.54, 1.807) is 36.2 Å². The highest BCUT2D eigenvalue weighted by Crippen LogP contribution is 2.44. The molecule has 0 unspecified atom stereocenters. The van der Waals surface area contributed by atoms with Crippen LogP contribution in [0, 0.1) is 11.7 Å². The molecule has 4 aromatic heterocycles. The molecule has 3 atom stereocenters. The number of anilines is 2. The SMILES string of the molecule is CNc1cc(F)cc2c1[nH]c1nc(Oc3cnn4ccnc4c3)nc(N3C[C@H]4C[C@@H]3C[C@H]4N)c12. The van der Waals surface area contributed by atoms with Crippen molar-refractivity contribution in [1.29, 1.82) is 0 Å². The molecular weight excluding hydrogens is 437 g/mol. The number of hydrogen-bond donors (Lipinski definition) is 3. The van der Waals surface area contributed by atoms with Crippen molar-refractivity contribution < 1.29 is 9.13 Å². The largest absolute Gasteiger partial charge is 0.422 e. The van der Waals surface area contributed by atoms with Gasteiger partial charge in [0.1, 0.15) is 17.3 Å². The number of aromatic nitrogens is 6. The van der Waals surface area contributed by atoms with E-state index in [9.17, 15) is 4.39 Å². The van der Waals surface area contributed by atoms with Gasteiger partial charge in [-0.3, -0.25) is 0 Å². The van der Waals surface area contributed by atoms with E-state index in [0.717, 1.165) is 41.5 Å². The maximum Gasteiger partial charge on any atom is 0.326 e. The highest BCUT2D eigenvalue weighted by atomic mass is 19.1. The fourth-order valence-electron chi connectivity index (χ4n) is 5.48. The number of rotatable bonds is 4. The lowest BCUT2D eigenvalue weighted by atomic mass is 10.0. The first-order chi connectivity index (χ1) is 16.6. The fourth-order valence-corrected chi connectivity index (χ4v) is 5.48. The van der Waals surface area contributed by atoms with Gasteiger partial charge in [-0.15, -0.1) is 0 Å². The van der Waals surface area contributed by atoms with Gasteiger partial charge in [-0.1, -0.05) is 0 Å². The zero-order valence-electron chi connectivity index (χ0n) is 18.4. The van der Waals surface area contributed by atoms with Crippen LogP contribution in [-0.4, -0.2) is 55.2 Å². The Bertz CT molecular complexity index is 1580. The van der Waals surface area contributed by atoms with E-state index < -0.39 is 0 Å². The average Bonchev–Trinajstić information content (AvgIpc) is 3.60. The number of nitrogens with one attached hydrogen (secondary N) is 2. The number of ether oxygens (including phenoxy) is 1. The Morgan fingerprint density at radius 3 is 2.94 bits per heavy atom. The second-order valence-corrected chi connectivity index (χ2v) is 9.03. The zero-order valence-corrected chi connectivity index (χ0v) is 18.4. The lowest BCUT2D eigenvalue weighted by molar-refractivity contribution is 0.437. The number of H-pyrrole nitrogens is 1. The summed E-state index contributed by atoms with van der Waals surface area (Å²) in [5.41, 5.74) is 8.97. The van der Waals surface area contributed by atoms with Crippen LogP contribution in [0.2, 0.25) is 0 Å². The summed E-state index contributed by atoms with van der Waals surface area (Å²) < 4.78 is 22.2. The van der Waals surface area contributed by atoms with Crippen LogP contribution >= 0.6 is 0 Å². The third kappa shape index (κ3) is 2.83. The van der Waals surface area contributed by atoms with Crippen LogP contribution in [0.1, 0.15) is 12.8 Å². The van der Waals surface area contributed by atoms with Crippen LogP contribution in [0.4, 0.5) is 15.9 Å². The molecule has 1 aliphatic carbocycles. The van der Waals surface area contributed by atoms with Gasteiger partial charge in [-0.2, -0.15) is 15.1 Å². The predicted octanol–water partition coefficient (Wildman–Crippen LogP) is 3.05. The van der Waals surface area contributed by atoms with E-state index in [4.69, 9.17) is 15.5 Å². The molecule has 7 rings (SSSR count). The van der Waals surface area contributed by atoms with Crippen molar-refractivity contribution in [2.75, 3.05) is 23.8 Å². The Kier molecular flexibility index (Phi) is 4.01. The standard InChI is InChI=1S/C23H22FN9O/c1-26-17-6-12(24)5-15-19-21(29-20(15)17)30-23(34-14-8-18-27-2-3-33(18)28-9-14)31-22(19)32-10-11-4-13(32)7-16(11)25/h2-3,5-6,8-9,11,13,16,26H,4,7,10,25H2,1H3,(H,29,30,31)/t11-,13-,16-/m1/s1. The van der Waals surface area contributed by atoms with Crippen LogP contribution in [0.3, 0.4) is 0 Å². The van der Waals surface area contributed by atoms with Gasteiger partial charge in [-0.25, -0.2) is 13.9 Å². The molecule has 1 aliphatic heterocycles. The summed E-state index contributed by atoms with van der Waals surface area (Å²) in [6.07, 6.45) is 6.96. The van der Waals surface area contributed by atoms with Crippen molar-refractivity contribution in [2.45, 2.75) is 24.9 Å². The second-order valence-electron chi connectivity index (χ2n) is 9.03. The molecule has 2 fully saturated rings. The highest BCUT2D eigenvalue weighted by Gasteiger charge is 2.44. The van der Waals surface area contributed by atoms with Crippen molar-refractivity contribution in [2.24, 2.45) is 11.7 Å². The summed E-state index contributed by atoms with van der Waals surface area (Å²) in [7, 11) is 1.76. The Balaban J connectivity index is 1.41. The molecule has 34 heavy (non-hydrogen) atoms. The number of piperidine rings is 1. The Morgan fingerprint density at radius 2 is 2.15 bits per heavy atom. The number of hydrogen-bond acceptors (Lipinski definition) is 8. The summed E-state index contributed by atoms with van der Waals surface area (Å²) >= 11 is 0. The summed E-state index contributed by atoms with van der Waals surface area (Å²) in [4.78, 5) is 19.4. The maximum absolute atomic E-state index is 14.5. The minimum atomic E-state index is -0.326. The average molecular weight is 459 g/mol. The first kappa shape index (κ1) is 19.5. The van der Waals surface area contributed by atoms with Gasteiger partial charge >= 0.3 is 6.01 Å². The molecule has 1 saturated heterocycles. The Hall–Kier alpha value is -3.99. The van der Waals surface area contributed by atoms with Crippen molar-refractivity contribution in [1.82, 2.24) is 29.5 Å². The summed E-state index contributed by atoms with van der Waals surface area (Å²) in [6, 6.07) is 5.44. The normalized spacial score (nSPS) is 21.9. The summed E-state index contributed by atoms with van der Waals surface area (Å²) in [6.45, 7) is 0.805. The van der Waals surface area contributed by atoms with Crippen LogP contribution in [0.25, 0.3) is 27.6 Å². The molecular formula is C23H22FN9O. The number of fused-ring (bicyclic) bond motifs is 6. The molecule has 0 spiro atoms. The molecule has 5 heterocycles. The molecule has 2 aliphatic rings. The molecule has 1 saturated carbocycles. The Morgan fingerprint density at radius 1 is 1.24 bits per heavy atom. The molecule has 5 aromatic rings. The van der Waals surface area contributed by atoms with Gasteiger partial charge in [0.15, 0.2) is 11.4 Å². The second kappa shape index (κ2) is 7.00. The molecule has 2 bridgehead atoms. The minimum Gasteiger partial charge on any atom is -0.422 e. The molecule has 11 heteroatoms. The van der Waals surface area contributed by atoms with Crippen molar-refractivity contribution >= 4 is 39.1 Å². The topological polar surface area (TPSA) is 122 Å². The third-order valence-electron chi connectivity index (χ3n) is 7.06. The number of halogens is 1. The third-order valence-corrected chi connectivity index (χ3v) is 7.06. The zero-order chi connectivity index (χ0) is 23.0. The highest BCUT2D eigenvalue weighted by molar-refractivity contribution is 6.14. The molecule has 0 radical (unpaired) electrons. The van der Waals surface area contributed by atoms with Crippen molar-refractivity contribution in [3.05, 3.63) is 42.6 Å². The van der Waals surface area contributed by atoms with E-state index in [1.807, 2.05) is 0 Å². The monoisotopic (exact) mass is 459 g/mol. The molecule has 1 aromatic carbocycles. The first-order valence-electron chi connectivity index (χ1n) is 11.3. The van der Waals surface area contributed by atoms with Gasteiger partial charge in [-0.05, 0) is 30.9 Å². The molecule has 4 N–H and O–H groups in total. The molecule has 0 amide bonds. The lowest BCUT2D eigenvalue weighted by Gasteiger charge is -2.31. The van der Waals surface area contributed by atoms with E-state index in [-0.39, 0.29) is 23.9 Å². The van der Waals surface area contributed by atoms with Crippen molar-refractivity contribution in [3.63, 3.8) is 0 Å². The van der Waals surface area contributed by atoms with E-state index in [2.05, 4.69) is 30.3 Å². The minimum absolute atomic E-state index is 0.185. The molecule has 172 valence electrons. The number of benzene rings is 1. The number of nitrogens with zero attached hydrogens (tertiary/aromatic N) is 6. The van der Waals surface area contributed by atoms with Crippen LogP contribution in [0.5, 0.6) is 11.8 Å². The van der Waals surface area contributed by atoms with Crippen LogP contribution in [-0.2, 0) is 0 Å². The van der Waals surface area contributed by atoms with Gasteiger partial charge in [0.25, 0.3) is 0 Å². The number of aromatic amines is 1. The van der Waals surface area contributed by atoms with E-state index in [1.165, 1.54) is 12.1 Å². The number of imidazole rings is 1. The molecule has 10 nitrogen and oxygen atoms in total. The Labute approximate surface area is 192 Å². The van der Waals surface area contributed by atoms with Gasteiger partial charge < -0.3 is 25.7 Å². The van der Waals surface area contributed by atoms with Crippen LogP contribution in [0.15, 0.2) is 36.8 Å². The fraction of sp³-hybridized carbons (Fsp3) is 0.304. The van der Waals surface area contributed by atoms with Crippen LogP contribution < -0.4 is 20.7 Å². The van der Waals surface area contributed by atoms with Gasteiger partial charge in [0.2, 0.25) is 0 Å². The smallest absolute Gasteiger partial charge is 0.326 e. The van der Waals surface area contributed by atoms with Crippen molar-refractivity contribution in [3.8, 4) is 11.8 Å². The first-order valence-corrected chi connectivity index (χ1v) is 11.3. The summed E-state index contributed by atoms with van der Waals surface area (Å²) in [5.74, 6) is 1.30. The quantitative estimate of drug-likeness (QED) is 0.375. The van der Waals surface area contributed by atoms with E-state index >= 15 is 0 Å². The predicted molar refractivity (Wildman–Crippen MR) is 126 cm³/mol. The maximum atomic E-state index is 14.5. The van der Waals surface area contributed by atoms with E-state index in [0.29, 0.717) is 28.6 Å². The number of nitrogens with two attached hydrogens (primary N) is 1. The van der Waals surface area contributed by atoms with Gasteiger partial charge in [0.05, 0.1) is 22.8 Å².